The zero-order valence-electron chi connectivity index (χ0n) is 14.9. The monoisotopic (exact) mass is 398 g/mol. The Morgan fingerprint density at radius 1 is 1.04 bits per heavy atom. The van der Waals surface area contributed by atoms with Crippen LogP contribution in [0.2, 0.25) is 0 Å². The van der Waals surface area contributed by atoms with E-state index in [1.54, 1.807) is 29.2 Å². The molecule has 2 N–H and O–H groups in total. The summed E-state index contributed by atoms with van der Waals surface area (Å²) < 4.78 is 0. The Balaban J connectivity index is 1.67. The van der Waals surface area contributed by atoms with E-state index in [2.05, 4.69) is 10.6 Å². The van der Waals surface area contributed by atoms with Gasteiger partial charge < -0.3 is 10.2 Å². The van der Waals surface area contributed by atoms with Crippen LogP contribution in [-0.4, -0.2) is 39.8 Å². The van der Waals surface area contributed by atoms with Crippen LogP contribution in [0.5, 0.6) is 0 Å². The van der Waals surface area contributed by atoms with Gasteiger partial charge in [0.05, 0.1) is 16.2 Å². The third-order valence-electron chi connectivity index (χ3n) is 4.37. The molecule has 144 valence electrons. The zero-order chi connectivity index (χ0) is 20.1. The number of carbonyl (C=O) groups excluding carboxylic acids is 2. The zero-order valence-corrected chi connectivity index (χ0v) is 15.7. The third-order valence-corrected chi connectivity index (χ3v) is 4.57. The minimum absolute atomic E-state index is 0.0324. The van der Waals surface area contributed by atoms with Gasteiger partial charge in [0.15, 0.2) is 5.11 Å². The Labute approximate surface area is 166 Å². The van der Waals surface area contributed by atoms with Crippen molar-refractivity contribution in [1.82, 2.24) is 10.2 Å². The fourth-order valence-electron chi connectivity index (χ4n) is 2.93. The molecule has 8 nitrogen and oxygen atoms in total. The summed E-state index contributed by atoms with van der Waals surface area (Å²) in [5, 5.41) is 16.1. The second-order valence-electron chi connectivity index (χ2n) is 6.26. The van der Waals surface area contributed by atoms with Gasteiger partial charge in [-0.3, -0.25) is 25.0 Å². The molecule has 0 saturated carbocycles. The highest BCUT2D eigenvalue weighted by atomic mass is 32.1. The molecular weight excluding hydrogens is 380 g/mol. The van der Waals surface area contributed by atoms with Crippen LogP contribution < -0.4 is 10.6 Å². The Hall–Kier alpha value is -3.33. The molecule has 1 saturated heterocycles. The van der Waals surface area contributed by atoms with Gasteiger partial charge in [-0.1, -0.05) is 12.1 Å². The van der Waals surface area contributed by atoms with Gasteiger partial charge in [-0.15, -0.1) is 0 Å². The normalized spacial score (nSPS) is 13.1. The maximum atomic E-state index is 12.7. The first-order valence-corrected chi connectivity index (χ1v) is 9.11. The molecule has 0 aliphatic carbocycles. The van der Waals surface area contributed by atoms with Gasteiger partial charge >= 0.3 is 0 Å². The van der Waals surface area contributed by atoms with E-state index < -0.39 is 10.8 Å². The van der Waals surface area contributed by atoms with Crippen LogP contribution in [-0.2, 0) is 0 Å². The number of nitro benzene ring substituents is 1. The average Bonchev–Trinajstić information content (AvgIpc) is 3.22. The van der Waals surface area contributed by atoms with Gasteiger partial charge in [-0.05, 0) is 49.3 Å². The quantitative estimate of drug-likeness (QED) is 0.466. The molecule has 0 bridgehead atoms. The summed E-state index contributed by atoms with van der Waals surface area (Å²) in [4.78, 5) is 36.9. The lowest BCUT2D eigenvalue weighted by molar-refractivity contribution is -0.384. The number of anilines is 1. The summed E-state index contributed by atoms with van der Waals surface area (Å²) >= 11 is 5.18. The molecular formula is C19H18N4O4S. The minimum Gasteiger partial charge on any atom is -0.339 e. The van der Waals surface area contributed by atoms with E-state index in [0.717, 1.165) is 25.9 Å². The van der Waals surface area contributed by atoms with Gasteiger partial charge in [-0.25, -0.2) is 0 Å². The number of hydrogen-bond acceptors (Lipinski definition) is 5. The summed E-state index contributed by atoms with van der Waals surface area (Å²) in [6.45, 7) is 1.46. The number of rotatable bonds is 4. The summed E-state index contributed by atoms with van der Waals surface area (Å²) in [6, 6.07) is 12.2. The van der Waals surface area contributed by atoms with Crippen LogP contribution >= 0.6 is 12.2 Å². The lowest BCUT2D eigenvalue weighted by Crippen LogP contribution is -2.35. The van der Waals surface area contributed by atoms with Crippen LogP contribution in [0.1, 0.15) is 33.6 Å². The van der Waals surface area contributed by atoms with Crippen molar-refractivity contribution in [2.24, 2.45) is 0 Å². The first-order chi connectivity index (χ1) is 13.5. The number of nitro groups is 1. The minimum atomic E-state index is -0.539. The Kier molecular flexibility index (Phi) is 5.95. The summed E-state index contributed by atoms with van der Waals surface area (Å²) in [7, 11) is 0. The number of likely N-dealkylation sites (tertiary alicyclic amines) is 1. The smallest absolute Gasteiger partial charge is 0.269 e. The fourth-order valence-corrected chi connectivity index (χ4v) is 3.14. The highest BCUT2D eigenvalue weighted by Gasteiger charge is 2.22. The highest BCUT2D eigenvalue weighted by molar-refractivity contribution is 7.80. The largest absolute Gasteiger partial charge is 0.339 e. The lowest BCUT2D eigenvalue weighted by Gasteiger charge is -2.18. The fraction of sp³-hybridized carbons (Fsp3) is 0.211. The molecule has 3 rings (SSSR count). The van der Waals surface area contributed by atoms with Gasteiger partial charge in [0.25, 0.3) is 17.5 Å². The van der Waals surface area contributed by atoms with Crippen molar-refractivity contribution < 1.29 is 14.5 Å². The van der Waals surface area contributed by atoms with E-state index in [4.69, 9.17) is 12.2 Å². The van der Waals surface area contributed by atoms with Crippen molar-refractivity contribution in [3.8, 4) is 0 Å². The predicted octanol–water partition coefficient (Wildman–Crippen LogP) is 2.96. The molecule has 0 aromatic heterocycles. The molecule has 0 unspecified atom stereocenters. The van der Waals surface area contributed by atoms with Crippen molar-refractivity contribution in [2.75, 3.05) is 18.4 Å². The highest BCUT2D eigenvalue weighted by Crippen LogP contribution is 2.20. The van der Waals surface area contributed by atoms with Gasteiger partial charge in [0.1, 0.15) is 0 Å². The van der Waals surface area contributed by atoms with Crippen LogP contribution in [0, 0.1) is 10.1 Å². The second kappa shape index (κ2) is 8.57. The third kappa shape index (κ3) is 4.49. The van der Waals surface area contributed by atoms with Gasteiger partial charge in [-0.2, -0.15) is 0 Å². The second-order valence-corrected chi connectivity index (χ2v) is 6.67. The molecule has 9 heteroatoms. The summed E-state index contributed by atoms with van der Waals surface area (Å²) in [6.07, 6.45) is 1.98. The molecule has 2 amide bonds. The molecule has 1 heterocycles. The molecule has 28 heavy (non-hydrogen) atoms. The first-order valence-electron chi connectivity index (χ1n) is 8.71. The lowest BCUT2D eigenvalue weighted by atomic mass is 10.1. The topological polar surface area (TPSA) is 105 Å². The van der Waals surface area contributed by atoms with E-state index in [1.807, 2.05) is 0 Å². The molecule has 2 aromatic rings. The number of amides is 2. The maximum Gasteiger partial charge on any atom is 0.269 e. The Morgan fingerprint density at radius 2 is 1.68 bits per heavy atom. The summed E-state index contributed by atoms with van der Waals surface area (Å²) in [5.41, 5.74) is 1.12. The predicted molar refractivity (Wildman–Crippen MR) is 108 cm³/mol. The number of hydrogen-bond donors (Lipinski definition) is 2. The van der Waals surface area contributed by atoms with E-state index >= 15 is 0 Å². The molecule has 1 aliphatic rings. The molecule has 0 spiro atoms. The van der Waals surface area contributed by atoms with Crippen LogP contribution in [0.15, 0.2) is 48.5 Å². The molecule has 1 fully saturated rings. The molecule has 1 aliphatic heterocycles. The van der Waals surface area contributed by atoms with Crippen molar-refractivity contribution in [2.45, 2.75) is 12.8 Å². The number of para-hydroxylation sites is 1. The average molecular weight is 398 g/mol. The summed E-state index contributed by atoms with van der Waals surface area (Å²) in [5.74, 6) is -0.583. The van der Waals surface area contributed by atoms with Crippen molar-refractivity contribution >= 4 is 40.5 Å². The van der Waals surface area contributed by atoms with Crippen molar-refractivity contribution in [3.63, 3.8) is 0 Å². The van der Waals surface area contributed by atoms with E-state index in [1.165, 1.54) is 24.3 Å². The van der Waals surface area contributed by atoms with Gasteiger partial charge in [0, 0.05) is 30.8 Å². The van der Waals surface area contributed by atoms with Crippen LogP contribution in [0.25, 0.3) is 0 Å². The Bertz CT molecular complexity index is 924. The maximum absolute atomic E-state index is 12.7. The molecule has 0 atom stereocenters. The number of nitrogens with zero attached hydrogens (tertiary/aromatic N) is 2. The Morgan fingerprint density at radius 3 is 2.32 bits per heavy atom. The van der Waals surface area contributed by atoms with Crippen molar-refractivity contribution in [3.05, 3.63) is 69.8 Å². The standard InChI is InChI=1S/C19H18N4O4S/c24-17(13-7-9-14(10-8-13)23(26)27)21-19(28)20-16-6-2-1-5-15(16)18(25)22-11-3-4-12-22/h1-2,5-10H,3-4,11-12H2,(H2,20,21,24,28). The van der Waals surface area contributed by atoms with E-state index in [-0.39, 0.29) is 22.3 Å². The van der Waals surface area contributed by atoms with E-state index in [0.29, 0.717) is 11.3 Å². The number of carbonyl (C=O) groups is 2. The van der Waals surface area contributed by atoms with Crippen LogP contribution in [0.4, 0.5) is 11.4 Å². The molecule has 2 aromatic carbocycles. The SMILES string of the molecule is O=C(NC(=S)Nc1ccccc1C(=O)N1CCCC1)c1ccc([N+](=O)[O-])cc1. The number of thiocarbonyl (C=S) groups is 1. The number of non-ortho nitro benzene ring substituents is 1. The number of benzene rings is 2. The molecule has 0 radical (unpaired) electrons. The van der Waals surface area contributed by atoms with Gasteiger partial charge in [0.2, 0.25) is 0 Å². The first kappa shape index (κ1) is 19.4. The van der Waals surface area contributed by atoms with E-state index in [9.17, 15) is 19.7 Å². The van der Waals surface area contributed by atoms with Crippen LogP contribution in [0.3, 0.4) is 0 Å². The number of nitrogens with one attached hydrogen (secondary N) is 2. The van der Waals surface area contributed by atoms with Crippen molar-refractivity contribution in [1.29, 1.82) is 0 Å².